The number of carbonyl (C=O) groups is 1. The van der Waals surface area contributed by atoms with Crippen LogP contribution in [-0.2, 0) is 17.8 Å². The number of phenolic OH excluding ortho intramolecular Hbond substituents is 1. The zero-order chi connectivity index (χ0) is 29.1. The molecule has 5 rings (SSSR count). The highest BCUT2D eigenvalue weighted by atomic mass is 35.5. The Hall–Kier alpha value is -4.40. The minimum absolute atomic E-state index is 0.215. The molecule has 1 heterocycles. The van der Waals surface area contributed by atoms with E-state index >= 15 is 0 Å². The summed E-state index contributed by atoms with van der Waals surface area (Å²) in [6.45, 7) is 2.24. The van der Waals surface area contributed by atoms with Gasteiger partial charge in [-0.25, -0.2) is 9.07 Å². The number of hydrogen-bond acceptors (Lipinski definition) is 4. The maximum absolute atomic E-state index is 13.8. The third kappa shape index (κ3) is 6.19. The van der Waals surface area contributed by atoms with Crippen molar-refractivity contribution in [2.24, 2.45) is 0 Å². The minimum atomic E-state index is -1.45. The molecule has 5 aromatic rings. The molecule has 0 unspecified atom stereocenters. The van der Waals surface area contributed by atoms with Crippen molar-refractivity contribution in [3.05, 3.63) is 123 Å². The van der Waals surface area contributed by atoms with Gasteiger partial charge in [-0.2, -0.15) is 9.49 Å². The van der Waals surface area contributed by atoms with Gasteiger partial charge in [0.05, 0.1) is 34.2 Å². The largest absolute Gasteiger partial charge is 0.503 e. The quantitative estimate of drug-likeness (QED) is 0.179. The molecule has 4 aromatic carbocycles. The summed E-state index contributed by atoms with van der Waals surface area (Å²) in [5.74, 6) is -3.56. The molecule has 0 spiro atoms. The van der Waals surface area contributed by atoms with E-state index in [1.807, 2.05) is 61.5 Å². The van der Waals surface area contributed by atoms with E-state index in [9.17, 15) is 18.7 Å². The smallest absolute Gasteiger partial charge is 0.230 e. The average Bonchev–Trinajstić information content (AvgIpc) is 3.28. The minimum Gasteiger partial charge on any atom is -0.503 e. The van der Waals surface area contributed by atoms with Crippen LogP contribution in [0.1, 0.15) is 16.8 Å². The maximum atomic E-state index is 13.8. The van der Waals surface area contributed by atoms with E-state index in [-0.39, 0.29) is 12.1 Å². The first-order valence-corrected chi connectivity index (χ1v) is 13.2. The molecule has 41 heavy (non-hydrogen) atoms. The van der Waals surface area contributed by atoms with Crippen molar-refractivity contribution in [2.75, 3.05) is 5.32 Å². The number of aromatic hydroxyl groups is 1. The van der Waals surface area contributed by atoms with Crippen LogP contribution in [-0.4, -0.2) is 20.8 Å². The Morgan fingerprint density at radius 1 is 1.00 bits per heavy atom. The summed E-state index contributed by atoms with van der Waals surface area (Å²) >= 11 is 12.6. The van der Waals surface area contributed by atoms with Gasteiger partial charge in [-0.3, -0.25) is 4.79 Å². The number of hydrogen-bond donors (Lipinski definition) is 2. The molecule has 0 saturated heterocycles. The van der Waals surface area contributed by atoms with Gasteiger partial charge in [0.25, 0.3) is 0 Å². The number of carbonyl (C=O) groups excluding carboxylic acids is 1. The van der Waals surface area contributed by atoms with Crippen LogP contribution in [0.15, 0.2) is 84.9 Å². The third-order valence-electron chi connectivity index (χ3n) is 6.41. The van der Waals surface area contributed by atoms with Gasteiger partial charge < -0.3 is 15.2 Å². The monoisotopic (exact) mass is 593 g/mol. The van der Waals surface area contributed by atoms with Crippen LogP contribution in [0, 0.1) is 18.6 Å². The Kier molecular flexibility index (Phi) is 8.23. The first-order valence-electron chi connectivity index (χ1n) is 12.5. The van der Waals surface area contributed by atoms with Crippen molar-refractivity contribution in [1.29, 1.82) is 0 Å². The van der Waals surface area contributed by atoms with E-state index in [1.165, 1.54) is 0 Å². The number of aromatic nitrogens is 2. The van der Waals surface area contributed by atoms with Gasteiger partial charge in [0, 0.05) is 10.6 Å². The van der Waals surface area contributed by atoms with Crippen LogP contribution >= 0.6 is 23.2 Å². The first kappa shape index (κ1) is 28.1. The van der Waals surface area contributed by atoms with Crippen LogP contribution in [0.5, 0.6) is 11.5 Å². The van der Waals surface area contributed by atoms with E-state index < -0.39 is 23.3 Å². The highest BCUT2D eigenvalue weighted by Crippen LogP contribution is 2.34. The Labute approximate surface area is 244 Å². The number of anilines is 1. The van der Waals surface area contributed by atoms with Gasteiger partial charge in [-0.15, -0.1) is 0 Å². The molecule has 0 radical (unpaired) electrons. The lowest BCUT2D eigenvalue weighted by Crippen LogP contribution is -2.16. The second-order valence-electron chi connectivity index (χ2n) is 9.21. The summed E-state index contributed by atoms with van der Waals surface area (Å²) in [7, 11) is 0. The number of phenols is 1. The predicted octanol–water partition coefficient (Wildman–Crippen LogP) is 7.90. The van der Waals surface area contributed by atoms with Crippen LogP contribution < -0.4 is 10.1 Å². The van der Waals surface area contributed by atoms with Crippen LogP contribution in [0.25, 0.3) is 16.9 Å². The summed E-state index contributed by atoms with van der Waals surface area (Å²) in [6.07, 6.45) is -0.215. The van der Waals surface area contributed by atoms with Crippen molar-refractivity contribution < 1.29 is 23.4 Å². The molecule has 6 nitrogen and oxygen atoms in total. The molecule has 0 aliphatic heterocycles. The fraction of sp³-hybridized carbons (Fsp3) is 0.0968. The molecular weight excluding hydrogens is 571 g/mol. The van der Waals surface area contributed by atoms with Crippen molar-refractivity contribution >= 4 is 34.8 Å². The average molecular weight is 594 g/mol. The highest BCUT2D eigenvalue weighted by molar-refractivity contribution is 6.35. The van der Waals surface area contributed by atoms with E-state index in [0.29, 0.717) is 45.0 Å². The fourth-order valence-electron chi connectivity index (χ4n) is 4.31. The van der Waals surface area contributed by atoms with Gasteiger partial charge >= 0.3 is 0 Å². The lowest BCUT2D eigenvalue weighted by molar-refractivity contribution is -0.115. The molecule has 0 bridgehead atoms. The fourth-order valence-corrected chi connectivity index (χ4v) is 4.80. The Balaban J connectivity index is 1.46. The van der Waals surface area contributed by atoms with E-state index in [1.54, 1.807) is 22.9 Å². The predicted molar refractivity (Wildman–Crippen MR) is 155 cm³/mol. The number of rotatable bonds is 8. The van der Waals surface area contributed by atoms with Gasteiger partial charge in [-0.1, -0.05) is 53.5 Å². The Morgan fingerprint density at radius 2 is 1.73 bits per heavy atom. The molecule has 0 fully saturated rings. The lowest BCUT2D eigenvalue weighted by atomic mass is 10.0. The van der Waals surface area contributed by atoms with Crippen molar-refractivity contribution in [1.82, 2.24) is 9.78 Å². The standard InChI is InChI=1S/C31H23Cl2F2N3O3/c1-18-26(16-28(39)36-25-13-12-24(34)29(35)31(25)40)37-38(27-14-9-21(32)15-23(27)33)30(18)20-7-10-22(11-8-20)41-17-19-5-3-2-4-6-19/h2-15,40H,16-17H2,1H3,(H,36,39). The number of nitrogens with one attached hydrogen (secondary N) is 1. The molecule has 0 aliphatic carbocycles. The van der Waals surface area contributed by atoms with Crippen molar-refractivity contribution in [3.63, 3.8) is 0 Å². The van der Waals surface area contributed by atoms with E-state index in [2.05, 4.69) is 10.4 Å². The lowest BCUT2D eigenvalue weighted by Gasteiger charge is -2.12. The second-order valence-corrected chi connectivity index (χ2v) is 10.1. The van der Waals surface area contributed by atoms with Gasteiger partial charge in [-0.05, 0) is 72.6 Å². The molecule has 10 heteroatoms. The molecule has 0 atom stereocenters. The number of amides is 1. The normalized spacial score (nSPS) is 11.0. The van der Waals surface area contributed by atoms with E-state index in [0.717, 1.165) is 23.3 Å². The molecular formula is C31H23Cl2F2N3O3. The zero-order valence-corrected chi connectivity index (χ0v) is 23.2. The Bertz CT molecular complexity index is 1730. The van der Waals surface area contributed by atoms with Crippen molar-refractivity contribution in [3.8, 4) is 28.4 Å². The molecule has 0 aliphatic rings. The SMILES string of the molecule is Cc1c(CC(=O)Nc2ccc(F)c(F)c2O)nn(-c2ccc(Cl)cc2Cl)c1-c1ccc(OCc2ccccc2)cc1. The van der Waals surface area contributed by atoms with Crippen molar-refractivity contribution in [2.45, 2.75) is 20.0 Å². The number of ether oxygens (including phenoxy) is 1. The first-order chi connectivity index (χ1) is 19.7. The zero-order valence-electron chi connectivity index (χ0n) is 21.7. The molecule has 208 valence electrons. The molecule has 0 saturated carbocycles. The third-order valence-corrected chi connectivity index (χ3v) is 6.94. The maximum Gasteiger partial charge on any atom is 0.230 e. The topological polar surface area (TPSA) is 76.4 Å². The highest BCUT2D eigenvalue weighted by Gasteiger charge is 2.22. The molecule has 1 amide bonds. The molecule has 1 aromatic heterocycles. The van der Waals surface area contributed by atoms with Gasteiger partial charge in [0.2, 0.25) is 11.7 Å². The number of nitrogens with zero attached hydrogens (tertiary/aromatic N) is 2. The van der Waals surface area contributed by atoms with Gasteiger partial charge in [0.1, 0.15) is 12.4 Å². The van der Waals surface area contributed by atoms with Gasteiger partial charge in [0.15, 0.2) is 11.6 Å². The van der Waals surface area contributed by atoms with Crippen LogP contribution in [0.4, 0.5) is 14.5 Å². The molecule has 2 N–H and O–H groups in total. The second kappa shape index (κ2) is 12.0. The summed E-state index contributed by atoms with van der Waals surface area (Å²) in [5.41, 5.74) is 3.91. The summed E-state index contributed by atoms with van der Waals surface area (Å²) < 4.78 is 34.7. The van der Waals surface area contributed by atoms with E-state index in [4.69, 9.17) is 27.9 Å². The summed E-state index contributed by atoms with van der Waals surface area (Å²) in [6, 6.07) is 24.2. The van der Waals surface area contributed by atoms with Crippen LogP contribution in [0.3, 0.4) is 0 Å². The number of benzene rings is 4. The Morgan fingerprint density at radius 3 is 2.44 bits per heavy atom. The summed E-state index contributed by atoms with van der Waals surface area (Å²) in [4.78, 5) is 12.9. The van der Waals surface area contributed by atoms with Crippen LogP contribution in [0.2, 0.25) is 10.0 Å². The summed E-state index contributed by atoms with van der Waals surface area (Å²) in [5, 5.41) is 17.8. The number of halogens is 4.